The highest BCUT2D eigenvalue weighted by Crippen LogP contribution is 2.65. The van der Waals surface area contributed by atoms with Crippen LogP contribution in [0.2, 0.25) is 0 Å². The SMILES string of the molecule is CC12CC3CC(C1)CC(C(=O)c1ccc(F)c(F)c1)(C3)C2. The zero-order chi connectivity index (χ0) is 14.8. The molecule has 4 bridgehead atoms. The van der Waals surface area contributed by atoms with Crippen molar-refractivity contribution in [3.63, 3.8) is 0 Å². The Labute approximate surface area is 123 Å². The van der Waals surface area contributed by atoms with Gasteiger partial charge in [0.05, 0.1) is 0 Å². The van der Waals surface area contributed by atoms with Crippen LogP contribution < -0.4 is 0 Å². The van der Waals surface area contributed by atoms with Gasteiger partial charge < -0.3 is 0 Å². The standard InChI is InChI=1S/C18H20F2O/c1-17-6-11-4-12(7-17)9-18(8-11,10-17)16(21)13-2-3-14(19)15(20)5-13/h2-3,5,11-12H,4,6-10H2,1H3. The van der Waals surface area contributed by atoms with Gasteiger partial charge in [0.1, 0.15) is 0 Å². The topological polar surface area (TPSA) is 17.1 Å². The second-order valence-corrected chi connectivity index (χ2v) is 8.01. The lowest BCUT2D eigenvalue weighted by molar-refractivity contribution is -0.0820. The quantitative estimate of drug-likeness (QED) is 0.718. The monoisotopic (exact) mass is 290 g/mol. The normalized spacial score (nSPS) is 40.5. The van der Waals surface area contributed by atoms with E-state index in [-0.39, 0.29) is 16.6 Å². The van der Waals surface area contributed by atoms with Gasteiger partial charge in [0, 0.05) is 11.0 Å². The van der Waals surface area contributed by atoms with E-state index < -0.39 is 11.6 Å². The summed E-state index contributed by atoms with van der Waals surface area (Å²) in [6.07, 6.45) is 6.52. The molecule has 4 aliphatic carbocycles. The third-order valence-electron chi connectivity index (χ3n) is 6.02. The maximum Gasteiger partial charge on any atom is 0.169 e. The largest absolute Gasteiger partial charge is 0.294 e. The molecule has 4 aliphatic rings. The van der Waals surface area contributed by atoms with Crippen molar-refractivity contribution in [2.45, 2.75) is 45.4 Å². The molecule has 0 radical (unpaired) electrons. The van der Waals surface area contributed by atoms with Crippen LogP contribution in [0.25, 0.3) is 0 Å². The smallest absolute Gasteiger partial charge is 0.169 e. The summed E-state index contributed by atoms with van der Waals surface area (Å²) < 4.78 is 26.6. The predicted octanol–water partition coefficient (Wildman–Crippen LogP) is 4.75. The molecule has 0 spiro atoms. The van der Waals surface area contributed by atoms with Crippen molar-refractivity contribution in [2.75, 3.05) is 0 Å². The van der Waals surface area contributed by atoms with Crippen LogP contribution in [0.5, 0.6) is 0 Å². The first-order chi connectivity index (χ1) is 9.89. The van der Waals surface area contributed by atoms with Gasteiger partial charge in [-0.1, -0.05) is 6.92 Å². The molecule has 2 atom stereocenters. The average Bonchev–Trinajstić information content (AvgIpc) is 2.38. The molecule has 4 saturated carbocycles. The third-order valence-corrected chi connectivity index (χ3v) is 6.02. The molecule has 5 rings (SSSR count). The molecule has 0 amide bonds. The van der Waals surface area contributed by atoms with Gasteiger partial charge in [-0.25, -0.2) is 8.78 Å². The number of hydrogen-bond acceptors (Lipinski definition) is 1. The van der Waals surface area contributed by atoms with E-state index in [2.05, 4.69) is 6.92 Å². The molecule has 1 aromatic rings. The van der Waals surface area contributed by atoms with Crippen LogP contribution in [0.15, 0.2) is 18.2 Å². The van der Waals surface area contributed by atoms with Crippen LogP contribution in [0, 0.1) is 34.3 Å². The molecular formula is C18H20F2O. The van der Waals surface area contributed by atoms with Crippen molar-refractivity contribution in [2.24, 2.45) is 22.7 Å². The van der Waals surface area contributed by atoms with Crippen LogP contribution >= 0.6 is 0 Å². The van der Waals surface area contributed by atoms with E-state index in [1.165, 1.54) is 25.3 Å². The summed E-state index contributed by atoms with van der Waals surface area (Å²) in [5.41, 5.74) is 0.306. The summed E-state index contributed by atoms with van der Waals surface area (Å²) in [5.74, 6) is -0.474. The summed E-state index contributed by atoms with van der Waals surface area (Å²) in [5, 5.41) is 0. The minimum absolute atomic E-state index is 0.0433. The summed E-state index contributed by atoms with van der Waals surface area (Å²) in [6.45, 7) is 2.30. The summed E-state index contributed by atoms with van der Waals surface area (Å²) in [7, 11) is 0. The number of halogens is 2. The zero-order valence-corrected chi connectivity index (χ0v) is 12.3. The van der Waals surface area contributed by atoms with Gasteiger partial charge in [0.25, 0.3) is 0 Å². The van der Waals surface area contributed by atoms with Gasteiger partial charge in [-0.15, -0.1) is 0 Å². The summed E-state index contributed by atoms with van der Waals surface area (Å²) in [4.78, 5) is 13.0. The Morgan fingerprint density at radius 3 is 2.33 bits per heavy atom. The van der Waals surface area contributed by atoms with Crippen molar-refractivity contribution < 1.29 is 13.6 Å². The summed E-state index contributed by atoms with van der Waals surface area (Å²) in [6, 6.07) is 3.60. The molecule has 0 heterocycles. The van der Waals surface area contributed by atoms with Crippen LogP contribution in [0.1, 0.15) is 55.8 Å². The van der Waals surface area contributed by atoms with Crippen LogP contribution in [-0.2, 0) is 0 Å². The number of carbonyl (C=O) groups excluding carboxylic acids is 1. The highest BCUT2D eigenvalue weighted by Gasteiger charge is 2.58. The highest BCUT2D eigenvalue weighted by atomic mass is 19.2. The molecule has 0 N–H and O–H groups in total. The Bertz CT molecular complexity index is 608. The van der Waals surface area contributed by atoms with Gasteiger partial charge in [0.15, 0.2) is 17.4 Å². The highest BCUT2D eigenvalue weighted by molar-refractivity contribution is 6.00. The van der Waals surface area contributed by atoms with E-state index in [4.69, 9.17) is 0 Å². The molecule has 4 fully saturated rings. The molecule has 0 aromatic heterocycles. The number of carbonyl (C=O) groups is 1. The van der Waals surface area contributed by atoms with Gasteiger partial charge in [-0.05, 0) is 74.0 Å². The van der Waals surface area contributed by atoms with Crippen molar-refractivity contribution in [3.8, 4) is 0 Å². The number of ketones is 1. The Morgan fingerprint density at radius 2 is 1.76 bits per heavy atom. The lowest BCUT2D eigenvalue weighted by Crippen LogP contribution is -2.54. The minimum atomic E-state index is -0.920. The fourth-order valence-electron chi connectivity index (χ4n) is 5.93. The van der Waals surface area contributed by atoms with E-state index in [0.717, 1.165) is 31.4 Å². The first-order valence-corrected chi connectivity index (χ1v) is 7.89. The van der Waals surface area contributed by atoms with E-state index >= 15 is 0 Å². The second kappa shape index (κ2) is 4.15. The Kier molecular flexibility index (Phi) is 2.65. The minimum Gasteiger partial charge on any atom is -0.294 e. The number of rotatable bonds is 2. The lowest BCUT2D eigenvalue weighted by Gasteiger charge is -2.60. The Hall–Kier alpha value is -1.25. The third kappa shape index (κ3) is 1.96. The first kappa shape index (κ1) is 13.4. The van der Waals surface area contributed by atoms with Gasteiger partial charge >= 0.3 is 0 Å². The second-order valence-electron chi connectivity index (χ2n) is 8.01. The van der Waals surface area contributed by atoms with Crippen LogP contribution in [-0.4, -0.2) is 5.78 Å². The molecule has 0 aliphatic heterocycles. The van der Waals surface area contributed by atoms with E-state index in [9.17, 15) is 13.6 Å². The fourth-order valence-corrected chi connectivity index (χ4v) is 5.93. The van der Waals surface area contributed by atoms with Crippen molar-refractivity contribution in [1.82, 2.24) is 0 Å². The molecule has 0 saturated heterocycles. The molecular weight excluding hydrogens is 270 g/mol. The van der Waals surface area contributed by atoms with Crippen molar-refractivity contribution in [1.29, 1.82) is 0 Å². The zero-order valence-electron chi connectivity index (χ0n) is 12.3. The van der Waals surface area contributed by atoms with E-state index in [1.807, 2.05) is 0 Å². The van der Waals surface area contributed by atoms with Crippen LogP contribution in [0.4, 0.5) is 8.78 Å². The number of Topliss-reactive ketones (excluding diaryl/α,β-unsaturated/α-hetero) is 1. The van der Waals surface area contributed by atoms with Crippen molar-refractivity contribution in [3.05, 3.63) is 35.4 Å². The van der Waals surface area contributed by atoms with Gasteiger partial charge in [0.2, 0.25) is 0 Å². The predicted molar refractivity (Wildman–Crippen MR) is 75.9 cm³/mol. The van der Waals surface area contributed by atoms with Gasteiger partial charge in [-0.2, -0.15) is 0 Å². The molecule has 21 heavy (non-hydrogen) atoms. The van der Waals surface area contributed by atoms with E-state index in [1.54, 1.807) is 0 Å². The lowest BCUT2D eigenvalue weighted by atomic mass is 9.43. The molecule has 3 heteroatoms. The maximum absolute atomic E-state index is 13.5. The Balaban J connectivity index is 1.72. The van der Waals surface area contributed by atoms with E-state index in [0.29, 0.717) is 17.4 Å². The Morgan fingerprint density at radius 1 is 1.10 bits per heavy atom. The molecule has 112 valence electrons. The van der Waals surface area contributed by atoms with Gasteiger partial charge in [-0.3, -0.25) is 4.79 Å². The molecule has 2 unspecified atom stereocenters. The molecule has 1 aromatic carbocycles. The summed E-state index contributed by atoms with van der Waals surface area (Å²) >= 11 is 0. The maximum atomic E-state index is 13.5. The van der Waals surface area contributed by atoms with Crippen LogP contribution in [0.3, 0.4) is 0 Å². The first-order valence-electron chi connectivity index (χ1n) is 7.89. The van der Waals surface area contributed by atoms with Crippen molar-refractivity contribution >= 4 is 5.78 Å². The number of hydrogen-bond donors (Lipinski definition) is 0. The average molecular weight is 290 g/mol. The molecule has 1 nitrogen and oxygen atoms in total. The number of benzene rings is 1. The fraction of sp³-hybridized carbons (Fsp3) is 0.611.